The van der Waals surface area contributed by atoms with E-state index in [-0.39, 0.29) is 54.6 Å². The maximum Gasteiger partial charge on any atom is 0.306 e. The van der Waals surface area contributed by atoms with Crippen LogP contribution in [0.1, 0.15) is 93.8 Å². The fraction of sp³-hybridized carbons (Fsp3) is 0.568. The highest BCUT2D eigenvalue weighted by atomic mass is 32.2. The number of nitrogens with two attached hydrogens (primary N) is 1. The van der Waals surface area contributed by atoms with Crippen LogP contribution in [0.25, 0.3) is 11.8 Å². The van der Waals surface area contributed by atoms with Gasteiger partial charge in [0.1, 0.15) is 0 Å². The van der Waals surface area contributed by atoms with E-state index in [9.17, 15) is 29.1 Å². The Bertz CT molecular complexity index is 1750. The summed E-state index contributed by atoms with van der Waals surface area (Å²) in [7, 11) is 3.17. The Morgan fingerprint density at radius 3 is 2.59 bits per heavy atom. The Morgan fingerprint density at radius 2 is 1.90 bits per heavy atom. The largest absolute Gasteiger partial charge is 0.449 e. The number of esters is 1. The van der Waals surface area contributed by atoms with Gasteiger partial charge >= 0.3 is 5.97 Å². The number of allylic oxidation sites excluding steroid dienone is 1. The molecule has 3 saturated carbocycles. The van der Waals surface area contributed by atoms with Crippen LogP contribution in [-0.2, 0) is 25.5 Å². The van der Waals surface area contributed by atoms with Crippen molar-refractivity contribution < 1.29 is 33.8 Å². The zero-order valence-electron chi connectivity index (χ0n) is 28.9. The number of ketones is 1. The number of hydrogen-bond donors (Lipinski definition) is 2. The van der Waals surface area contributed by atoms with E-state index in [1.54, 1.807) is 39.2 Å². The van der Waals surface area contributed by atoms with Crippen LogP contribution in [0.5, 0.6) is 0 Å². The van der Waals surface area contributed by atoms with Crippen LogP contribution in [-0.4, -0.2) is 73.6 Å². The molecule has 12 heteroatoms. The average molecular weight is 691 g/mol. The molecule has 0 radical (unpaired) electrons. The second kappa shape index (κ2) is 12.8. The first kappa shape index (κ1) is 35.1. The summed E-state index contributed by atoms with van der Waals surface area (Å²) in [6.45, 7) is 5.91. The molecular weight excluding hydrogens is 644 g/mol. The molecule has 4 aliphatic rings. The molecule has 49 heavy (non-hydrogen) atoms. The number of amides is 2. The molecule has 262 valence electrons. The van der Waals surface area contributed by atoms with Crippen molar-refractivity contribution in [1.29, 1.82) is 0 Å². The van der Waals surface area contributed by atoms with E-state index in [2.05, 4.69) is 13.0 Å². The van der Waals surface area contributed by atoms with E-state index in [0.29, 0.717) is 36.6 Å². The molecule has 2 aromatic rings. The van der Waals surface area contributed by atoms with Gasteiger partial charge in [-0.15, -0.1) is 0 Å². The summed E-state index contributed by atoms with van der Waals surface area (Å²) < 4.78 is 7.95. The standard InChI is InChI=1S/C37H46N4O7S/c1-6-31(45)48-37(33(46)49-34(47)40(4)5)15-14-26-25-11-10-23-17-27-22(18-35(23,2)32(25)29(43)19-36(26,37)3)20-39-41(27)24-9-7-8-21(16-24)28(42)12-13-30(38)44/h7-9,16-17,20,25-26,29,32,43H,6,10-15,18-19H2,1-5H3,(H2,38,44)/t25-,26-,29-,32+,35-,36-,37-/m0/s1. The van der Waals surface area contributed by atoms with Gasteiger partial charge in [-0.2, -0.15) is 5.10 Å². The number of fused-ring (bicyclic) bond motifs is 6. The smallest absolute Gasteiger partial charge is 0.306 e. The first-order valence-electron chi connectivity index (χ1n) is 17.2. The summed E-state index contributed by atoms with van der Waals surface area (Å²) in [5.41, 5.74) is 7.02. The predicted molar refractivity (Wildman–Crippen MR) is 185 cm³/mol. The first-order chi connectivity index (χ1) is 23.1. The number of nitrogens with zero attached hydrogens (tertiary/aromatic N) is 3. The highest BCUT2D eigenvalue weighted by molar-refractivity contribution is 8.26. The number of aromatic nitrogens is 2. The van der Waals surface area contributed by atoms with E-state index in [0.717, 1.165) is 29.8 Å². The zero-order chi connectivity index (χ0) is 35.5. The van der Waals surface area contributed by atoms with Gasteiger partial charge in [-0.05, 0) is 85.5 Å². The third kappa shape index (κ3) is 5.74. The van der Waals surface area contributed by atoms with Gasteiger partial charge in [0.25, 0.3) is 5.24 Å². The molecule has 0 bridgehead atoms. The molecule has 11 nitrogen and oxygen atoms in total. The van der Waals surface area contributed by atoms with Gasteiger partial charge in [0.15, 0.2) is 11.4 Å². The maximum atomic E-state index is 14.0. The number of hydrogen-bond acceptors (Lipinski definition) is 9. The summed E-state index contributed by atoms with van der Waals surface area (Å²) in [6, 6.07) is 7.22. The van der Waals surface area contributed by atoms with E-state index in [4.69, 9.17) is 15.6 Å². The predicted octanol–water partition coefficient (Wildman–Crippen LogP) is 5.11. The number of Topliss-reactive ketones (excluding diaryl/α,β-unsaturated/α-hetero) is 1. The monoisotopic (exact) mass is 690 g/mol. The number of carbonyl (C=O) groups is 5. The topological polar surface area (TPSA) is 162 Å². The quantitative estimate of drug-likeness (QED) is 0.283. The van der Waals surface area contributed by atoms with Crippen molar-refractivity contribution in [1.82, 2.24) is 14.7 Å². The molecule has 1 aromatic carbocycles. The number of rotatable bonds is 8. The Morgan fingerprint density at radius 1 is 1.14 bits per heavy atom. The van der Waals surface area contributed by atoms with Crippen LogP contribution in [0.3, 0.4) is 0 Å². The van der Waals surface area contributed by atoms with Gasteiger partial charge < -0.3 is 20.5 Å². The van der Waals surface area contributed by atoms with Gasteiger partial charge in [0.05, 0.1) is 23.7 Å². The van der Waals surface area contributed by atoms with Gasteiger partial charge in [-0.1, -0.05) is 38.5 Å². The van der Waals surface area contributed by atoms with Crippen molar-refractivity contribution in [3.63, 3.8) is 0 Å². The van der Waals surface area contributed by atoms with Crippen molar-refractivity contribution in [2.75, 3.05) is 14.1 Å². The second-order valence-corrected chi connectivity index (χ2v) is 15.9. The average Bonchev–Trinajstić information content (AvgIpc) is 3.59. The summed E-state index contributed by atoms with van der Waals surface area (Å²) in [4.78, 5) is 64.9. The van der Waals surface area contributed by atoms with Crippen LogP contribution in [0.15, 0.2) is 36.0 Å². The second-order valence-electron chi connectivity index (χ2n) is 14.9. The third-order valence-corrected chi connectivity index (χ3v) is 13.1. The SMILES string of the molecule is CCC(=O)O[C@]1(C(=O)SC(=O)N(C)C)CC[C@H]2[C@@H]3CCC4=Cc5c(cnn5-c5cccc(C(=O)CCC(N)=O)c5)C[C@]4(C)[C@H]3[C@@H](O)C[C@@]21C. The van der Waals surface area contributed by atoms with Crippen LogP contribution in [0.4, 0.5) is 4.79 Å². The zero-order valence-corrected chi connectivity index (χ0v) is 29.7. The number of carbonyl (C=O) groups excluding carboxylic acids is 5. The number of aliphatic hydroxyl groups excluding tert-OH is 1. The lowest BCUT2D eigenvalue weighted by molar-refractivity contribution is -0.196. The van der Waals surface area contributed by atoms with Gasteiger partial charge in [-0.3, -0.25) is 24.0 Å². The molecule has 0 spiro atoms. The Balaban J connectivity index is 1.30. The van der Waals surface area contributed by atoms with Gasteiger partial charge in [0, 0.05) is 56.1 Å². The molecule has 7 atom stereocenters. The molecule has 0 unspecified atom stereocenters. The van der Waals surface area contributed by atoms with Crippen molar-refractivity contribution >= 4 is 45.9 Å². The lowest BCUT2D eigenvalue weighted by Gasteiger charge is -2.60. The van der Waals surface area contributed by atoms with Crippen molar-refractivity contribution in [3.05, 3.63) is 52.9 Å². The molecule has 4 aliphatic carbocycles. The first-order valence-corrected chi connectivity index (χ1v) is 18.0. The molecule has 1 heterocycles. The highest BCUT2D eigenvalue weighted by Crippen LogP contribution is 2.69. The van der Waals surface area contributed by atoms with Gasteiger partial charge in [0.2, 0.25) is 11.0 Å². The summed E-state index contributed by atoms with van der Waals surface area (Å²) in [5, 5.41) is 16.0. The van der Waals surface area contributed by atoms with Gasteiger partial charge in [-0.25, -0.2) is 4.68 Å². The van der Waals surface area contributed by atoms with E-state index in [1.807, 2.05) is 23.9 Å². The van der Waals surface area contributed by atoms with E-state index in [1.165, 1.54) is 10.5 Å². The molecule has 3 fully saturated rings. The lowest BCUT2D eigenvalue weighted by atomic mass is 9.45. The van der Waals surface area contributed by atoms with Crippen molar-refractivity contribution in [3.8, 4) is 5.69 Å². The number of ether oxygens (including phenoxy) is 1. The molecule has 0 aliphatic heterocycles. The minimum absolute atomic E-state index is 0.00476. The lowest BCUT2D eigenvalue weighted by Crippen LogP contribution is -2.62. The van der Waals surface area contributed by atoms with Crippen LogP contribution >= 0.6 is 11.8 Å². The van der Waals surface area contributed by atoms with Crippen molar-refractivity contribution in [2.24, 2.45) is 34.3 Å². The van der Waals surface area contributed by atoms with Crippen molar-refractivity contribution in [2.45, 2.75) is 90.3 Å². The number of primary amides is 1. The fourth-order valence-corrected chi connectivity index (χ4v) is 10.5. The minimum atomic E-state index is -1.50. The summed E-state index contributed by atoms with van der Waals surface area (Å²) in [6.07, 6.45) is 7.00. The highest BCUT2D eigenvalue weighted by Gasteiger charge is 2.71. The Hall–Kier alpha value is -3.77. The Labute approximate surface area is 291 Å². The molecule has 6 rings (SSSR count). The molecule has 0 saturated heterocycles. The van der Waals surface area contributed by atoms with Crippen LogP contribution < -0.4 is 5.73 Å². The molecular formula is C37H46N4O7S. The normalized spacial score (nSPS) is 31.3. The molecule has 3 N–H and O–H groups in total. The number of aliphatic hydroxyl groups is 1. The van der Waals surface area contributed by atoms with E-state index >= 15 is 0 Å². The number of benzene rings is 1. The maximum absolute atomic E-state index is 14.0. The minimum Gasteiger partial charge on any atom is -0.449 e. The number of thioether (sulfide) groups is 1. The van der Waals surface area contributed by atoms with Crippen LogP contribution in [0, 0.1) is 28.6 Å². The molecule has 2 amide bonds. The third-order valence-electron chi connectivity index (χ3n) is 12.0. The fourth-order valence-electron chi connectivity index (χ4n) is 9.63. The van der Waals surface area contributed by atoms with Crippen LogP contribution in [0.2, 0.25) is 0 Å². The van der Waals surface area contributed by atoms with E-state index < -0.39 is 39.4 Å². The summed E-state index contributed by atoms with van der Waals surface area (Å²) >= 11 is 0.591. The summed E-state index contributed by atoms with van der Waals surface area (Å²) in [5.74, 6) is -1.14. The molecule has 1 aromatic heterocycles. The Kier molecular flexibility index (Phi) is 9.19.